The van der Waals surface area contributed by atoms with Gasteiger partial charge in [-0.2, -0.15) is 0 Å². The van der Waals surface area contributed by atoms with E-state index in [1.165, 1.54) is 83.6 Å². The van der Waals surface area contributed by atoms with Gasteiger partial charge in [-0.05, 0) is 161 Å². The van der Waals surface area contributed by atoms with E-state index in [1.54, 1.807) is 0 Å². The Morgan fingerprint density at radius 2 is 0.746 bits per heavy atom. The second-order valence-corrected chi connectivity index (χ2v) is 17.7. The standard InChI is InChI=1S/C59H46BN3/c1-39-19-17-29-47(31-39)62-52-35-41(3)33-50-56(52)60-57-51(59(50,43-21-9-5-10-22-43)44-23-11-6-12-24-44)34-42(4)36-53(57)63(48-30-18-20-40(2)32-48)55-38-49(37-54(62)58(55)60)61(45-25-13-7-14-26-45)46-27-15-8-16-28-46/h5-38H,1-4H3. The highest BCUT2D eigenvalue weighted by Gasteiger charge is 2.55. The summed E-state index contributed by atoms with van der Waals surface area (Å²) in [6, 6.07) is 77.2. The quantitative estimate of drug-likeness (QED) is 0.149. The van der Waals surface area contributed by atoms with E-state index in [1.807, 2.05) is 0 Å². The van der Waals surface area contributed by atoms with E-state index < -0.39 is 5.41 Å². The third-order valence-corrected chi connectivity index (χ3v) is 13.6. The molecule has 12 rings (SSSR count). The second kappa shape index (κ2) is 14.3. The summed E-state index contributed by atoms with van der Waals surface area (Å²) in [6.45, 7) is 8.96. The Morgan fingerprint density at radius 1 is 0.349 bits per heavy atom. The molecule has 0 aromatic heterocycles. The molecule has 0 fully saturated rings. The first-order valence-electron chi connectivity index (χ1n) is 22.1. The second-order valence-electron chi connectivity index (χ2n) is 17.7. The zero-order valence-corrected chi connectivity index (χ0v) is 36.0. The lowest BCUT2D eigenvalue weighted by molar-refractivity contribution is 0.748. The molecule has 0 aliphatic carbocycles. The van der Waals surface area contributed by atoms with E-state index in [4.69, 9.17) is 0 Å². The van der Waals surface area contributed by atoms with Crippen LogP contribution in [0.25, 0.3) is 0 Å². The van der Waals surface area contributed by atoms with Crippen LogP contribution in [0.5, 0.6) is 0 Å². The van der Waals surface area contributed by atoms with Crippen molar-refractivity contribution in [1.82, 2.24) is 0 Å². The van der Waals surface area contributed by atoms with Gasteiger partial charge in [0.1, 0.15) is 0 Å². The topological polar surface area (TPSA) is 9.72 Å². The van der Waals surface area contributed by atoms with Crippen molar-refractivity contribution in [1.29, 1.82) is 0 Å². The fraction of sp³-hybridized carbons (Fsp3) is 0.0847. The van der Waals surface area contributed by atoms with Gasteiger partial charge >= 0.3 is 0 Å². The molecule has 0 spiro atoms. The van der Waals surface area contributed by atoms with Gasteiger partial charge in [0.25, 0.3) is 6.71 Å². The van der Waals surface area contributed by atoms with Crippen LogP contribution < -0.4 is 31.1 Å². The van der Waals surface area contributed by atoms with Gasteiger partial charge in [-0.3, -0.25) is 0 Å². The Kier molecular flexibility index (Phi) is 8.42. The van der Waals surface area contributed by atoms with Gasteiger partial charge in [0.15, 0.2) is 0 Å². The van der Waals surface area contributed by atoms with Gasteiger partial charge < -0.3 is 14.7 Å². The normalized spacial score (nSPS) is 13.7. The number of aryl methyl sites for hydroxylation is 4. The highest BCUT2D eigenvalue weighted by molar-refractivity contribution is 7.01. The van der Waals surface area contributed by atoms with Crippen LogP contribution in [-0.2, 0) is 5.41 Å². The lowest BCUT2D eigenvalue weighted by Gasteiger charge is -2.52. The molecule has 3 aliphatic heterocycles. The van der Waals surface area contributed by atoms with Crippen molar-refractivity contribution >= 4 is 74.3 Å². The molecule has 9 aromatic carbocycles. The van der Waals surface area contributed by atoms with Crippen molar-refractivity contribution in [2.24, 2.45) is 0 Å². The van der Waals surface area contributed by atoms with Gasteiger partial charge in [0, 0.05) is 45.5 Å². The molecule has 3 heterocycles. The summed E-state index contributed by atoms with van der Waals surface area (Å²) in [7, 11) is 0. The largest absolute Gasteiger partial charge is 0.311 e. The summed E-state index contributed by atoms with van der Waals surface area (Å²) in [6.07, 6.45) is 0. The number of nitrogens with zero attached hydrogens (tertiary/aromatic N) is 3. The molecule has 4 heteroatoms. The van der Waals surface area contributed by atoms with E-state index in [0.717, 1.165) is 28.4 Å². The van der Waals surface area contributed by atoms with Crippen LogP contribution in [0.1, 0.15) is 44.5 Å². The molecule has 0 bridgehead atoms. The van der Waals surface area contributed by atoms with Crippen molar-refractivity contribution in [2.45, 2.75) is 33.1 Å². The third kappa shape index (κ3) is 5.54. The summed E-state index contributed by atoms with van der Waals surface area (Å²) < 4.78 is 0. The van der Waals surface area contributed by atoms with Gasteiger partial charge in [-0.15, -0.1) is 0 Å². The van der Waals surface area contributed by atoms with E-state index >= 15 is 0 Å². The van der Waals surface area contributed by atoms with Crippen LogP contribution in [0.3, 0.4) is 0 Å². The van der Waals surface area contributed by atoms with Crippen LogP contribution in [0, 0.1) is 27.7 Å². The van der Waals surface area contributed by atoms with Crippen molar-refractivity contribution in [3.8, 4) is 0 Å². The molecule has 0 saturated heterocycles. The molecular formula is C59H46BN3. The summed E-state index contributed by atoms with van der Waals surface area (Å²) >= 11 is 0. The highest BCUT2D eigenvalue weighted by Crippen LogP contribution is 2.55. The van der Waals surface area contributed by atoms with Crippen LogP contribution in [0.2, 0.25) is 0 Å². The molecule has 0 atom stereocenters. The van der Waals surface area contributed by atoms with Crippen LogP contribution in [0.15, 0.2) is 206 Å². The molecule has 0 unspecified atom stereocenters. The average molecular weight is 808 g/mol. The third-order valence-electron chi connectivity index (χ3n) is 13.6. The van der Waals surface area contributed by atoms with E-state index in [2.05, 4.69) is 249 Å². The lowest BCUT2D eigenvalue weighted by Crippen LogP contribution is -2.68. The lowest BCUT2D eigenvalue weighted by atomic mass is 9.28. The minimum atomic E-state index is -0.603. The SMILES string of the molecule is Cc1cccc(N2c3cc(N(c4ccccc4)c4ccccc4)cc4c3B3c5c2cc(C)cc5C(c2ccccc2)(c2ccccc2)c2cc(C)cc(c23)N4c2cccc(C)c2)c1. The van der Waals surface area contributed by atoms with E-state index in [0.29, 0.717) is 0 Å². The molecule has 0 radical (unpaired) electrons. The Labute approximate surface area is 371 Å². The molecule has 3 aliphatic rings. The summed E-state index contributed by atoms with van der Waals surface area (Å²) in [5, 5.41) is 0. The number of hydrogen-bond acceptors (Lipinski definition) is 3. The van der Waals surface area contributed by atoms with Crippen molar-refractivity contribution in [2.75, 3.05) is 14.7 Å². The monoisotopic (exact) mass is 807 g/mol. The Bertz CT molecular complexity index is 3020. The van der Waals surface area contributed by atoms with Crippen molar-refractivity contribution in [3.63, 3.8) is 0 Å². The first kappa shape index (κ1) is 37.2. The molecule has 3 nitrogen and oxygen atoms in total. The van der Waals surface area contributed by atoms with Crippen molar-refractivity contribution < 1.29 is 0 Å². The van der Waals surface area contributed by atoms with Gasteiger partial charge in [0.2, 0.25) is 0 Å². The van der Waals surface area contributed by atoms with Crippen LogP contribution >= 0.6 is 0 Å². The molecular weight excluding hydrogens is 761 g/mol. The zero-order chi connectivity index (χ0) is 42.4. The zero-order valence-electron chi connectivity index (χ0n) is 36.0. The van der Waals surface area contributed by atoms with Crippen LogP contribution in [-0.4, -0.2) is 6.71 Å². The number of anilines is 9. The maximum absolute atomic E-state index is 2.59. The predicted octanol–water partition coefficient (Wildman–Crippen LogP) is 13.2. The number of rotatable bonds is 7. The number of benzene rings is 9. The Hall–Kier alpha value is -7.56. The minimum Gasteiger partial charge on any atom is -0.311 e. The number of hydrogen-bond donors (Lipinski definition) is 0. The summed E-state index contributed by atoms with van der Waals surface area (Å²) in [5.41, 5.74) is 24.1. The van der Waals surface area contributed by atoms with Crippen LogP contribution in [0.4, 0.5) is 51.2 Å². The first-order valence-corrected chi connectivity index (χ1v) is 22.1. The van der Waals surface area contributed by atoms with E-state index in [-0.39, 0.29) is 6.71 Å². The highest BCUT2D eigenvalue weighted by atomic mass is 15.2. The van der Waals surface area contributed by atoms with E-state index in [9.17, 15) is 0 Å². The molecule has 300 valence electrons. The molecule has 63 heavy (non-hydrogen) atoms. The fourth-order valence-electron chi connectivity index (χ4n) is 11.3. The molecule has 0 N–H and O–H groups in total. The Morgan fingerprint density at radius 3 is 1.16 bits per heavy atom. The Balaban J connectivity index is 1.29. The van der Waals surface area contributed by atoms with Gasteiger partial charge in [-0.25, -0.2) is 0 Å². The maximum atomic E-state index is 2.59. The smallest absolute Gasteiger partial charge is 0.253 e. The fourth-order valence-corrected chi connectivity index (χ4v) is 11.3. The summed E-state index contributed by atoms with van der Waals surface area (Å²) in [5.74, 6) is 0. The predicted molar refractivity (Wildman–Crippen MR) is 266 cm³/mol. The molecule has 0 amide bonds. The number of para-hydroxylation sites is 2. The molecule has 9 aromatic rings. The van der Waals surface area contributed by atoms with Gasteiger partial charge in [0.05, 0.1) is 11.1 Å². The van der Waals surface area contributed by atoms with Gasteiger partial charge in [-0.1, -0.05) is 133 Å². The average Bonchev–Trinajstić information content (AvgIpc) is 3.30. The maximum Gasteiger partial charge on any atom is 0.253 e. The molecule has 0 saturated carbocycles. The first-order chi connectivity index (χ1) is 30.9. The minimum absolute atomic E-state index is 0.0233. The summed E-state index contributed by atoms with van der Waals surface area (Å²) in [4.78, 5) is 7.60. The van der Waals surface area contributed by atoms with Crippen molar-refractivity contribution in [3.05, 3.63) is 251 Å².